The van der Waals surface area contributed by atoms with Gasteiger partial charge in [0.15, 0.2) is 17.5 Å². The lowest BCUT2D eigenvalue weighted by Crippen LogP contribution is -2.50. The van der Waals surface area contributed by atoms with Gasteiger partial charge in [-0.2, -0.15) is 0 Å². The summed E-state index contributed by atoms with van der Waals surface area (Å²) >= 11 is 0. The number of nitrogen functional groups attached to an aromatic ring is 1. The topological polar surface area (TPSA) is 77.9 Å². The van der Waals surface area contributed by atoms with Crippen molar-refractivity contribution >= 4 is 22.7 Å². The predicted octanol–water partition coefficient (Wildman–Crippen LogP) is 3.74. The number of anilines is 1. The highest BCUT2D eigenvalue weighted by atomic mass is 19.1. The third kappa shape index (κ3) is 3.97. The van der Waals surface area contributed by atoms with Gasteiger partial charge >= 0.3 is 6.09 Å². The van der Waals surface area contributed by atoms with Crippen molar-refractivity contribution in [2.24, 2.45) is 0 Å². The fourth-order valence-corrected chi connectivity index (χ4v) is 2.83. The van der Waals surface area contributed by atoms with Crippen LogP contribution in [-0.4, -0.2) is 42.0 Å². The van der Waals surface area contributed by atoms with Gasteiger partial charge in [-0.1, -0.05) is 0 Å². The summed E-state index contributed by atoms with van der Waals surface area (Å²) in [5.74, 6) is 0.415. The molecular weight excluding hydrogens is 327 g/mol. The van der Waals surface area contributed by atoms with Crippen LogP contribution in [0.3, 0.4) is 0 Å². The van der Waals surface area contributed by atoms with E-state index in [9.17, 15) is 9.18 Å². The molecule has 1 fully saturated rings. The fourth-order valence-electron chi connectivity index (χ4n) is 2.83. The second-order valence-electron chi connectivity index (χ2n) is 7.25. The number of amides is 1. The van der Waals surface area contributed by atoms with Gasteiger partial charge in [-0.25, -0.2) is 9.18 Å². The molecule has 25 heavy (non-hydrogen) atoms. The minimum atomic E-state index is -1.33. The Bertz CT molecular complexity index is 768. The van der Waals surface area contributed by atoms with E-state index in [4.69, 9.17) is 19.6 Å². The standard InChI is InChI=1S/C18H23FN2O4/c1-18(2,3)25-17(22)21-6-4-14(13(19)10-21)24-15-9-12(20)8-11-5-7-23-16(11)15/h5,7-9,13-14H,4,6,10,20H2,1-3H3/t13-,14-/m0/s1. The summed E-state index contributed by atoms with van der Waals surface area (Å²) in [6.07, 6.45) is -0.612. The number of hydrogen-bond acceptors (Lipinski definition) is 5. The zero-order valence-electron chi connectivity index (χ0n) is 14.6. The summed E-state index contributed by atoms with van der Waals surface area (Å²) in [4.78, 5) is 13.4. The van der Waals surface area contributed by atoms with Gasteiger partial charge in [-0.15, -0.1) is 0 Å². The van der Waals surface area contributed by atoms with Crippen LogP contribution in [0.15, 0.2) is 28.9 Å². The third-order valence-corrected chi connectivity index (χ3v) is 3.95. The van der Waals surface area contributed by atoms with Crippen LogP contribution in [0.25, 0.3) is 11.0 Å². The Labute approximate surface area is 145 Å². The molecule has 2 N–H and O–H groups in total. The molecule has 0 bridgehead atoms. The van der Waals surface area contributed by atoms with Crippen LogP contribution in [0.5, 0.6) is 5.75 Å². The summed E-state index contributed by atoms with van der Waals surface area (Å²) in [7, 11) is 0. The molecule has 1 aromatic carbocycles. The quantitative estimate of drug-likeness (QED) is 0.835. The van der Waals surface area contributed by atoms with Crippen molar-refractivity contribution in [2.75, 3.05) is 18.8 Å². The molecule has 1 amide bonds. The lowest BCUT2D eigenvalue weighted by atomic mass is 10.1. The molecule has 2 aromatic rings. The van der Waals surface area contributed by atoms with E-state index in [1.54, 1.807) is 39.0 Å². The first-order valence-corrected chi connectivity index (χ1v) is 8.28. The van der Waals surface area contributed by atoms with Crippen LogP contribution in [0, 0.1) is 0 Å². The first-order valence-electron chi connectivity index (χ1n) is 8.28. The lowest BCUT2D eigenvalue weighted by molar-refractivity contribution is -0.0104. The smallest absolute Gasteiger partial charge is 0.410 e. The minimum absolute atomic E-state index is 0.0663. The van der Waals surface area contributed by atoms with Crippen molar-refractivity contribution in [1.29, 1.82) is 0 Å². The number of alkyl halides is 1. The van der Waals surface area contributed by atoms with Crippen molar-refractivity contribution in [3.8, 4) is 5.75 Å². The number of carbonyl (C=O) groups excluding carboxylic acids is 1. The summed E-state index contributed by atoms with van der Waals surface area (Å²) < 4.78 is 31.1. The number of halogens is 1. The highest BCUT2D eigenvalue weighted by molar-refractivity contribution is 5.86. The first kappa shape index (κ1) is 17.4. The molecule has 1 saturated heterocycles. The Kier molecular flexibility index (Phi) is 4.49. The summed E-state index contributed by atoms with van der Waals surface area (Å²) in [5, 5.41) is 0.802. The maximum atomic E-state index is 14.6. The maximum Gasteiger partial charge on any atom is 0.410 e. The molecule has 0 aliphatic carbocycles. The number of carbonyl (C=O) groups is 1. The van der Waals surface area contributed by atoms with Crippen LogP contribution in [0.2, 0.25) is 0 Å². The van der Waals surface area contributed by atoms with Crippen LogP contribution in [0.4, 0.5) is 14.9 Å². The van der Waals surface area contributed by atoms with E-state index in [0.717, 1.165) is 5.39 Å². The van der Waals surface area contributed by atoms with Crippen molar-refractivity contribution in [3.63, 3.8) is 0 Å². The molecule has 7 heteroatoms. The van der Waals surface area contributed by atoms with Crippen molar-refractivity contribution in [3.05, 3.63) is 24.5 Å². The van der Waals surface area contributed by atoms with Crippen LogP contribution < -0.4 is 10.5 Å². The van der Waals surface area contributed by atoms with Gasteiger partial charge in [-0.3, -0.25) is 0 Å². The van der Waals surface area contributed by atoms with E-state index >= 15 is 0 Å². The third-order valence-electron chi connectivity index (χ3n) is 3.95. The first-order chi connectivity index (χ1) is 11.7. The van der Waals surface area contributed by atoms with Crippen molar-refractivity contribution < 1.29 is 23.1 Å². The van der Waals surface area contributed by atoms with Crippen LogP contribution in [0.1, 0.15) is 27.2 Å². The number of hydrogen-bond donors (Lipinski definition) is 1. The van der Waals surface area contributed by atoms with E-state index in [1.807, 2.05) is 0 Å². The van der Waals surface area contributed by atoms with Crippen LogP contribution >= 0.6 is 0 Å². The Morgan fingerprint density at radius 2 is 2.16 bits per heavy atom. The Morgan fingerprint density at radius 3 is 2.84 bits per heavy atom. The second-order valence-corrected chi connectivity index (χ2v) is 7.25. The molecule has 6 nitrogen and oxygen atoms in total. The van der Waals surface area contributed by atoms with Crippen molar-refractivity contribution in [1.82, 2.24) is 4.90 Å². The zero-order valence-corrected chi connectivity index (χ0v) is 14.6. The van der Waals surface area contributed by atoms with Crippen LogP contribution in [-0.2, 0) is 4.74 Å². The van der Waals surface area contributed by atoms with E-state index in [-0.39, 0.29) is 6.54 Å². The number of nitrogens with zero attached hydrogens (tertiary/aromatic N) is 1. The molecule has 0 saturated carbocycles. The van der Waals surface area contributed by atoms with Gasteiger partial charge in [-0.05, 0) is 32.9 Å². The number of furan rings is 1. The number of nitrogens with two attached hydrogens (primary N) is 1. The van der Waals surface area contributed by atoms with E-state index < -0.39 is 24.0 Å². The second kappa shape index (κ2) is 6.46. The van der Waals surface area contributed by atoms with E-state index in [0.29, 0.717) is 30.0 Å². The SMILES string of the molecule is CC(C)(C)OC(=O)N1CC[C@H](Oc2cc(N)cc3ccoc23)[C@@H](F)C1. The molecule has 3 rings (SSSR count). The number of piperidine rings is 1. The molecule has 0 unspecified atom stereocenters. The molecule has 0 radical (unpaired) electrons. The molecule has 1 aliphatic rings. The summed E-state index contributed by atoms with van der Waals surface area (Å²) in [6.45, 7) is 5.64. The minimum Gasteiger partial charge on any atom is -0.483 e. The Hall–Kier alpha value is -2.44. The van der Waals surface area contributed by atoms with Crippen molar-refractivity contribution in [2.45, 2.75) is 45.1 Å². The highest BCUT2D eigenvalue weighted by Gasteiger charge is 2.35. The molecule has 2 atom stereocenters. The van der Waals surface area contributed by atoms with Gasteiger partial charge in [0, 0.05) is 30.1 Å². The van der Waals surface area contributed by atoms with Gasteiger partial charge in [0.2, 0.25) is 0 Å². The van der Waals surface area contributed by atoms with E-state index in [1.165, 1.54) is 11.2 Å². The number of fused-ring (bicyclic) bond motifs is 1. The molecule has 1 aliphatic heterocycles. The number of rotatable bonds is 2. The monoisotopic (exact) mass is 350 g/mol. The van der Waals surface area contributed by atoms with Gasteiger partial charge < -0.3 is 24.5 Å². The number of benzene rings is 1. The van der Waals surface area contributed by atoms with Gasteiger partial charge in [0.1, 0.15) is 11.7 Å². The highest BCUT2D eigenvalue weighted by Crippen LogP contribution is 2.32. The Morgan fingerprint density at radius 1 is 1.40 bits per heavy atom. The number of likely N-dealkylation sites (tertiary alicyclic amines) is 1. The average Bonchev–Trinajstić information content (AvgIpc) is 2.95. The number of ether oxygens (including phenoxy) is 2. The van der Waals surface area contributed by atoms with Gasteiger partial charge in [0.05, 0.1) is 12.8 Å². The zero-order chi connectivity index (χ0) is 18.2. The average molecular weight is 350 g/mol. The molecule has 1 aromatic heterocycles. The maximum absolute atomic E-state index is 14.6. The summed E-state index contributed by atoms with van der Waals surface area (Å²) in [6, 6.07) is 5.17. The molecule has 136 valence electrons. The largest absolute Gasteiger partial charge is 0.483 e. The van der Waals surface area contributed by atoms with Gasteiger partial charge in [0.25, 0.3) is 0 Å². The fraction of sp³-hybridized carbons (Fsp3) is 0.500. The Balaban J connectivity index is 1.67. The molecule has 2 heterocycles. The molecule has 0 spiro atoms. The normalized spacial score (nSPS) is 21.4. The van der Waals surface area contributed by atoms with E-state index in [2.05, 4.69) is 0 Å². The predicted molar refractivity (Wildman–Crippen MR) is 92.4 cm³/mol. The lowest BCUT2D eigenvalue weighted by Gasteiger charge is -2.35. The molecular formula is C18H23FN2O4. The summed E-state index contributed by atoms with van der Waals surface area (Å²) in [5.41, 5.74) is 6.31.